The summed E-state index contributed by atoms with van der Waals surface area (Å²) in [6.45, 7) is 5.64. The number of aromatic nitrogens is 3. The standard InChI is InChI=1S/C20H20ClN5O3/c1-11(23-19(28)17-10-29-20(24-17)13(3)27)9-26-7-6-16(25-26)15-5-4-14(8-22)18(21)12(15)2/h4-7,10-11,13,27H,9H2,1-3H3,(H,23,28). The summed E-state index contributed by atoms with van der Waals surface area (Å²) in [4.78, 5) is 16.2. The van der Waals surface area contributed by atoms with Gasteiger partial charge < -0.3 is 14.8 Å². The first kappa shape index (κ1) is 20.6. The molecule has 0 aliphatic carbocycles. The molecule has 0 fully saturated rings. The topological polar surface area (TPSA) is 117 Å². The molecular weight excluding hydrogens is 394 g/mol. The van der Waals surface area contributed by atoms with Crippen LogP contribution in [-0.2, 0) is 6.54 Å². The van der Waals surface area contributed by atoms with Crippen LogP contribution in [0.5, 0.6) is 0 Å². The van der Waals surface area contributed by atoms with E-state index < -0.39 is 12.0 Å². The molecule has 1 amide bonds. The van der Waals surface area contributed by atoms with Crippen LogP contribution < -0.4 is 5.32 Å². The summed E-state index contributed by atoms with van der Waals surface area (Å²) < 4.78 is 6.78. The highest BCUT2D eigenvalue weighted by Gasteiger charge is 2.17. The van der Waals surface area contributed by atoms with Crippen LogP contribution in [0, 0.1) is 18.3 Å². The summed E-state index contributed by atoms with van der Waals surface area (Å²) >= 11 is 6.24. The number of carbonyl (C=O) groups is 1. The molecule has 2 atom stereocenters. The summed E-state index contributed by atoms with van der Waals surface area (Å²) in [5, 5.41) is 26.3. The molecule has 0 saturated carbocycles. The highest BCUT2D eigenvalue weighted by molar-refractivity contribution is 6.32. The molecule has 0 saturated heterocycles. The number of hydrogen-bond acceptors (Lipinski definition) is 6. The third-order valence-electron chi connectivity index (χ3n) is 4.37. The Labute approximate surface area is 172 Å². The minimum absolute atomic E-state index is 0.0935. The number of nitriles is 1. The van der Waals surface area contributed by atoms with Gasteiger partial charge in [-0.1, -0.05) is 17.7 Å². The Morgan fingerprint density at radius 2 is 2.17 bits per heavy atom. The van der Waals surface area contributed by atoms with E-state index in [0.29, 0.717) is 17.1 Å². The van der Waals surface area contributed by atoms with Gasteiger partial charge in [-0.2, -0.15) is 10.4 Å². The molecule has 0 aliphatic heterocycles. The lowest BCUT2D eigenvalue weighted by Crippen LogP contribution is -2.36. The van der Waals surface area contributed by atoms with Gasteiger partial charge in [0.2, 0.25) is 5.89 Å². The fraction of sp³-hybridized carbons (Fsp3) is 0.300. The number of oxazole rings is 1. The maximum absolute atomic E-state index is 12.3. The van der Waals surface area contributed by atoms with Crippen molar-refractivity contribution in [3.05, 3.63) is 58.4 Å². The summed E-state index contributed by atoms with van der Waals surface area (Å²) in [7, 11) is 0. The smallest absolute Gasteiger partial charge is 0.273 e. The maximum Gasteiger partial charge on any atom is 0.273 e. The van der Waals surface area contributed by atoms with Gasteiger partial charge in [0.1, 0.15) is 18.4 Å². The Bertz CT molecular complexity index is 1080. The third kappa shape index (κ3) is 4.47. The number of aliphatic hydroxyl groups is 1. The first-order valence-electron chi connectivity index (χ1n) is 8.97. The largest absolute Gasteiger partial charge is 0.445 e. The van der Waals surface area contributed by atoms with Gasteiger partial charge in [0.05, 0.1) is 22.8 Å². The van der Waals surface area contributed by atoms with Gasteiger partial charge in [-0.25, -0.2) is 4.98 Å². The van der Waals surface area contributed by atoms with Gasteiger partial charge in [-0.3, -0.25) is 9.48 Å². The van der Waals surface area contributed by atoms with Gasteiger partial charge >= 0.3 is 0 Å². The van der Waals surface area contributed by atoms with E-state index in [9.17, 15) is 9.90 Å². The molecule has 2 unspecified atom stereocenters. The fourth-order valence-corrected chi connectivity index (χ4v) is 3.07. The molecule has 0 bridgehead atoms. The Balaban J connectivity index is 1.67. The molecule has 2 aromatic heterocycles. The highest BCUT2D eigenvalue weighted by atomic mass is 35.5. The molecule has 150 valence electrons. The van der Waals surface area contributed by atoms with Gasteiger partial charge in [0.15, 0.2) is 5.69 Å². The zero-order valence-electron chi connectivity index (χ0n) is 16.2. The number of carbonyl (C=O) groups excluding carboxylic acids is 1. The van der Waals surface area contributed by atoms with E-state index in [4.69, 9.17) is 21.3 Å². The number of amides is 1. The average Bonchev–Trinajstić information content (AvgIpc) is 3.33. The van der Waals surface area contributed by atoms with Crippen molar-refractivity contribution in [1.29, 1.82) is 5.26 Å². The normalized spacial score (nSPS) is 13.0. The van der Waals surface area contributed by atoms with E-state index in [1.807, 2.05) is 32.2 Å². The van der Waals surface area contributed by atoms with Gasteiger partial charge in [-0.15, -0.1) is 0 Å². The maximum atomic E-state index is 12.3. The number of halogens is 1. The fourth-order valence-electron chi connectivity index (χ4n) is 2.86. The minimum atomic E-state index is -0.879. The van der Waals surface area contributed by atoms with Crippen LogP contribution in [0.1, 0.15) is 47.5 Å². The summed E-state index contributed by atoms with van der Waals surface area (Å²) in [6.07, 6.45) is 2.15. The lowest BCUT2D eigenvalue weighted by molar-refractivity contribution is 0.0931. The summed E-state index contributed by atoms with van der Waals surface area (Å²) in [5.74, 6) is -0.300. The second-order valence-electron chi connectivity index (χ2n) is 6.76. The Kier molecular flexibility index (Phi) is 6.01. The van der Waals surface area contributed by atoms with Crippen molar-refractivity contribution in [3.63, 3.8) is 0 Å². The molecule has 0 aliphatic rings. The van der Waals surface area contributed by atoms with Gasteiger partial charge in [0.25, 0.3) is 5.91 Å². The quantitative estimate of drug-likeness (QED) is 0.640. The average molecular weight is 414 g/mol. The predicted molar refractivity (Wildman–Crippen MR) is 106 cm³/mol. The van der Waals surface area contributed by atoms with Crippen molar-refractivity contribution in [2.24, 2.45) is 0 Å². The molecule has 9 heteroatoms. The number of benzene rings is 1. The van der Waals surface area contributed by atoms with Crippen LogP contribution in [0.15, 0.2) is 35.1 Å². The Morgan fingerprint density at radius 1 is 1.41 bits per heavy atom. The van der Waals surface area contributed by atoms with Crippen molar-refractivity contribution >= 4 is 17.5 Å². The molecule has 29 heavy (non-hydrogen) atoms. The van der Waals surface area contributed by atoms with E-state index in [1.165, 1.54) is 13.2 Å². The first-order valence-corrected chi connectivity index (χ1v) is 9.35. The van der Waals surface area contributed by atoms with Crippen molar-refractivity contribution in [2.75, 3.05) is 0 Å². The van der Waals surface area contributed by atoms with Crippen molar-refractivity contribution in [1.82, 2.24) is 20.1 Å². The van der Waals surface area contributed by atoms with E-state index in [-0.39, 0.29) is 17.6 Å². The number of aliphatic hydroxyl groups excluding tert-OH is 1. The minimum Gasteiger partial charge on any atom is -0.445 e. The van der Waals surface area contributed by atoms with Crippen LogP contribution in [0.2, 0.25) is 5.02 Å². The van der Waals surface area contributed by atoms with Crippen LogP contribution in [-0.4, -0.2) is 31.8 Å². The molecule has 2 heterocycles. The molecular formula is C20H20ClN5O3. The Hall–Kier alpha value is -3.15. The van der Waals surface area contributed by atoms with Gasteiger partial charge in [0, 0.05) is 17.8 Å². The van der Waals surface area contributed by atoms with E-state index in [2.05, 4.69) is 21.5 Å². The Morgan fingerprint density at radius 3 is 2.83 bits per heavy atom. The van der Waals surface area contributed by atoms with Crippen LogP contribution >= 0.6 is 11.6 Å². The lowest BCUT2D eigenvalue weighted by atomic mass is 10.0. The van der Waals surface area contributed by atoms with E-state index >= 15 is 0 Å². The monoisotopic (exact) mass is 413 g/mol. The zero-order valence-corrected chi connectivity index (χ0v) is 16.9. The summed E-state index contributed by atoms with van der Waals surface area (Å²) in [5.41, 5.74) is 2.90. The second kappa shape index (κ2) is 8.47. The number of rotatable bonds is 6. The molecule has 1 aromatic carbocycles. The zero-order chi connectivity index (χ0) is 21.1. The lowest BCUT2D eigenvalue weighted by Gasteiger charge is -2.13. The number of hydrogen-bond donors (Lipinski definition) is 2. The highest BCUT2D eigenvalue weighted by Crippen LogP contribution is 2.29. The molecule has 2 N–H and O–H groups in total. The molecule has 0 radical (unpaired) electrons. The first-order chi connectivity index (χ1) is 13.8. The second-order valence-corrected chi connectivity index (χ2v) is 7.13. The SMILES string of the molecule is Cc1c(-c2ccn(CC(C)NC(=O)c3coc(C(C)O)n3)n2)ccc(C#N)c1Cl. The summed E-state index contributed by atoms with van der Waals surface area (Å²) in [6, 6.07) is 7.18. The van der Waals surface area contributed by atoms with Crippen LogP contribution in [0.25, 0.3) is 11.3 Å². The molecule has 3 rings (SSSR count). The van der Waals surface area contributed by atoms with Crippen molar-refractivity contribution < 1.29 is 14.3 Å². The molecule has 0 spiro atoms. The van der Waals surface area contributed by atoms with Crippen molar-refractivity contribution in [2.45, 2.75) is 39.5 Å². The van der Waals surface area contributed by atoms with Crippen LogP contribution in [0.4, 0.5) is 0 Å². The van der Waals surface area contributed by atoms with Crippen LogP contribution in [0.3, 0.4) is 0 Å². The van der Waals surface area contributed by atoms with Crippen molar-refractivity contribution in [3.8, 4) is 17.3 Å². The van der Waals surface area contributed by atoms with E-state index in [1.54, 1.807) is 10.7 Å². The predicted octanol–water partition coefficient (Wildman–Crippen LogP) is 3.24. The van der Waals surface area contributed by atoms with E-state index in [0.717, 1.165) is 16.8 Å². The van der Waals surface area contributed by atoms with Gasteiger partial charge in [-0.05, 0) is 38.5 Å². The molecule has 3 aromatic rings. The molecule has 8 nitrogen and oxygen atoms in total. The number of nitrogens with zero attached hydrogens (tertiary/aromatic N) is 4. The number of nitrogens with one attached hydrogen (secondary N) is 1. The third-order valence-corrected chi connectivity index (χ3v) is 4.86.